The van der Waals surface area contributed by atoms with Gasteiger partial charge < -0.3 is 19.4 Å². The van der Waals surface area contributed by atoms with E-state index in [1.807, 2.05) is 36.4 Å². The molecule has 0 radical (unpaired) electrons. The van der Waals surface area contributed by atoms with E-state index in [0.29, 0.717) is 18.7 Å². The van der Waals surface area contributed by atoms with Crippen LogP contribution in [-0.2, 0) is 13.0 Å². The molecule has 0 aliphatic carbocycles. The number of amides is 1. The first-order valence-corrected chi connectivity index (χ1v) is 12.3. The standard InChI is InChI=1S/C29H33N3O3/c1-34-24-18-16-23(17-19-24)29(33)30-20-9-3-6-15-28-31-26-13-7-8-14-27(26)32(28)21-10-22-35-25-11-4-2-5-12-25/h2,4-5,7-8,11-14,16-19H,3,6,9-10,15,20-22H2,1H3,(H,30,33). The molecule has 182 valence electrons. The van der Waals surface area contributed by atoms with Gasteiger partial charge in [0.1, 0.15) is 17.3 Å². The van der Waals surface area contributed by atoms with Crippen molar-refractivity contribution in [3.63, 3.8) is 0 Å². The third-order valence-corrected chi connectivity index (χ3v) is 5.99. The third-order valence-electron chi connectivity index (χ3n) is 5.99. The van der Waals surface area contributed by atoms with Gasteiger partial charge in [0.15, 0.2) is 0 Å². The number of nitrogens with one attached hydrogen (secondary N) is 1. The topological polar surface area (TPSA) is 65.4 Å². The Kier molecular flexibility index (Phi) is 8.76. The molecule has 0 saturated heterocycles. The summed E-state index contributed by atoms with van der Waals surface area (Å²) in [6, 6.07) is 25.4. The van der Waals surface area contributed by atoms with Crippen molar-refractivity contribution in [2.24, 2.45) is 0 Å². The van der Waals surface area contributed by atoms with E-state index < -0.39 is 0 Å². The Bertz CT molecular complexity index is 1200. The van der Waals surface area contributed by atoms with Crippen LogP contribution in [0.1, 0.15) is 41.9 Å². The van der Waals surface area contributed by atoms with Gasteiger partial charge >= 0.3 is 0 Å². The second kappa shape index (κ2) is 12.6. The summed E-state index contributed by atoms with van der Waals surface area (Å²) in [5, 5.41) is 3.00. The molecule has 1 amide bonds. The summed E-state index contributed by atoms with van der Waals surface area (Å²) < 4.78 is 13.3. The number of aromatic nitrogens is 2. The fourth-order valence-corrected chi connectivity index (χ4v) is 4.13. The number of rotatable bonds is 13. The summed E-state index contributed by atoms with van der Waals surface area (Å²) in [6.45, 7) is 2.21. The lowest BCUT2D eigenvalue weighted by atomic mass is 10.1. The molecular formula is C29H33N3O3. The van der Waals surface area contributed by atoms with E-state index >= 15 is 0 Å². The zero-order chi connectivity index (χ0) is 24.3. The average molecular weight is 472 g/mol. The van der Waals surface area contributed by atoms with Gasteiger partial charge in [-0.05, 0) is 67.8 Å². The molecule has 35 heavy (non-hydrogen) atoms. The molecule has 3 aromatic carbocycles. The van der Waals surface area contributed by atoms with Crippen LogP contribution in [-0.4, -0.2) is 35.7 Å². The van der Waals surface area contributed by atoms with Crippen molar-refractivity contribution in [2.75, 3.05) is 20.3 Å². The molecule has 4 aromatic rings. The number of carbonyl (C=O) groups excluding carboxylic acids is 1. The van der Waals surface area contributed by atoms with Crippen molar-refractivity contribution < 1.29 is 14.3 Å². The first-order chi connectivity index (χ1) is 17.2. The molecule has 1 N–H and O–H groups in total. The second-order valence-electron chi connectivity index (χ2n) is 8.48. The van der Waals surface area contributed by atoms with Crippen molar-refractivity contribution in [2.45, 2.75) is 38.6 Å². The molecule has 0 fully saturated rings. The van der Waals surface area contributed by atoms with Crippen LogP contribution in [0.2, 0.25) is 0 Å². The number of hydrogen-bond acceptors (Lipinski definition) is 4. The van der Waals surface area contributed by atoms with Crippen LogP contribution in [0.25, 0.3) is 11.0 Å². The van der Waals surface area contributed by atoms with Crippen LogP contribution in [0.4, 0.5) is 0 Å². The number of fused-ring (bicyclic) bond motifs is 1. The summed E-state index contributed by atoms with van der Waals surface area (Å²) in [6.07, 6.45) is 4.83. The molecule has 0 spiro atoms. The summed E-state index contributed by atoms with van der Waals surface area (Å²) in [5.74, 6) is 2.72. The number of para-hydroxylation sites is 3. The largest absolute Gasteiger partial charge is 0.497 e. The summed E-state index contributed by atoms with van der Waals surface area (Å²) in [4.78, 5) is 17.2. The molecule has 1 aromatic heterocycles. The van der Waals surface area contributed by atoms with Crippen LogP contribution in [0.3, 0.4) is 0 Å². The van der Waals surface area contributed by atoms with E-state index in [1.54, 1.807) is 31.4 Å². The van der Waals surface area contributed by atoms with Crippen molar-refractivity contribution >= 4 is 16.9 Å². The lowest BCUT2D eigenvalue weighted by molar-refractivity contribution is 0.0953. The van der Waals surface area contributed by atoms with Crippen LogP contribution < -0.4 is 14.8 Å². The zero-order valence-corrected chi connectivity index (χ0v) is 20.3. The van der Waals surface area contributed by atoms with E-state index in [9.17, 15) is 4.79 Å². The Labute approximate surface area is 206 Å². The number of imidazole rings is 1. The number of ether oxygens (including phenoxy) is 2. The smallest absolute Gasteiger partial charge is 0.251 e. The van der Waals surface area contributed by atoms with E-state index in [-0.39, 0.29) is 5.91 Å². The highest BCUT2D eigenvalue weighted by Gasteiger charge is 2.10. The van der Waals surface area contributed by atoms with Gasteiger partial charge in [0, 0.05) is 25.1 Å². The van der Waals surface area contributed by atoms with Gasteiger partial charge in [0.2, 0.25) is 0 Å². The number of carbonyl (C=O) groups is 1. The molecule has 4 rings (SSSR count). The van der Waals surface area contributed by atoms with Crippen molar-refractivity contribution in [1.29, 1.82) is 0 Å². The van der Waals surface area contributed by atoms with Crippen LogP contribution >= 0.6 is 0 Å². The fourth-order valence-electron chi connectivity index (χ4n) is 4.13. The van der Waals surface area contributed by atoms with Crippen molar-refractivity contribution in [3.8, 4) is 11.5 Å². The number of benzene rings is 3. The monoisotopic (exact) mass is 471 g/mol. The molecule has 0 saturated carbocycles. The fraction of sp³-hybridized carbons (Fsp3) is 0.310. The summed E-state index contributed by atoms with van der Waals surface area (Å²) in [5.41, 5.74) is 2.86. The molecule has 6 nitrogen and oxygen atoms in total. The van der Waals surface area contributed by atoms with E-state index in [4.69, 9.17) is 14.5 Å². The van der Waals surface area contributed by atoms with Crippen LogP contribution in [0.5, 0.6) is 11.5 Å². The molecular weight excluding hydrogens is 438 g/mol. The quantitative estimate of drug-likeness (QED) is 0.256. The molecule has 0 aliphatic rings. The molecule has 1 heterocycles. The Morgan fingerprint density at radius 2 is 1.63 bits per heavy atom. The highest BCUT2D eigenvalue weighted by molar-refractivity contribution is 5.94. The van der Waals surface area contributed by atoms with E-state index in [2.05, 4.69) is 28.1 Å². The predicted octanol–water partition coefficient (Wildman–Crippen LogP) is 5.66. The maximum Gasteiger partial charge on any atom is 0.251 e. The Balaban J connectivity index is 1.22. The first-order valence-electron chi connectivity index (χ1n) is 12.3. The summed E-state index contributed by atoms with van der Waals surface area (Å²) >= 11 is 0. The van der Waals surface area contributed by atoms with Gasteiger partial charge in [-0.25, -0.2) is 4.98 Å². The molecule has 6 heteroatoms. The molecule has 0 atom stereocenters. The van der Waals surface area contributed by atoms with Gasteiger partial charge in [-0.15, -0.1) is 0 Å². The highest BCUT2D eigenvalue weighted by atomic mass is 16.5. The lowest BCUT2D eigenvalue weighted by Crippen LogP contribution is -2.24. The number of aryl methyl sites for hydroxylation is 2. The van der Waals surface area contributed by atoms with E-state index in [1.165, 1.54) is 5.52 Å². The number of methoxy groups -OCH3 is 1. The molecule has 0 aliphatic heterocycles. The van der Waals surface area contributed by atoms with Gasteiger partial charge in [-0.2, -0.15) is 0 Å². The normalized spacial score (nSPS) is 10.9. The first kappa shape index (κ1) is 24.3. The number of unbranched alkanes of at least 4 members (excludes halogenated alkanes) is 2. The number of nitrogens with zero attached hydrogens (tertiary/aromatic N) is 2. The molecule has 0 bridgehead atoms. The minimum absolute atomic E-state index is 0.0489. The van der Waals surface area contributed by atoms with Crippen molar-refractivity contribution in [1.82, 2.24) is 14.9 Å². The predicted molar refractivity (Wildman–Crippen MR) is 139 cm³/mol. The summed E-state index contributed by atoms with van der Waals surface area (Å²) in [7, 11) is 1.62. The maximum absolute atomic E-state index is 12.3. The van der Waals surface area contributed by atoms with Crippen molar-refractivity contribution in [3.05, 3.63) is 90.3 Å². The Morgan fingerprint density at radius 3 is 2.43 bits per heavy atom. The minimum atomic E-state index is -0.0489. The van der Waals surface area contributed by atoms with Gasteiger partial charge in [0.05, 0.1) is 24.8 Å². The third kappa shape index (κ3) is 6.85. The second-order valence-corrected chi connectivity index (χ2v) is 8.48. The number of hydrogen-bond donors (Lipinski definition) is 1. The highest BCUT2D eigenvalue weighted by Crippen LogP contribution is 2.19. The van der Waals surface area contributed by atoms with Gasteiger partial charge in [-0.3, -0.25) is 4.79 Å². The van der Waals surface area contributed by atoms with Gasteiger partial charge in [0.25, 0.3) is 5.91 Å². The SMILES string of the molecule is COc1ccc(C(=O)NCCCCCc2nc3ccccc3n2CCCOc2ccccc2)cc1. The van der Waals surface area contributed by atoms with Crippen LogP contribution in [0.15, 0.2) is 78.9 Å². The van der Waals surface area contributed by atoms with Gasteiger partial charge in [-0.1, -0.05) is 36.8 Å². The van der Waals surface area contributed by atoms with Crippen LogP contribution in [0, 0.1) is 0 Å². The minimum Gasteiger partial charge on any atom is -0.497 e. The van der Waals surface area contributed by atoms with E-state index in [0.717, 1.165) is 61.5 Å². The Hall–Kier alpha value is -3.80. The Morgan fingerprint density at radius 1 is 0.857 bits per heavy atom. The lowest BCUT2D eigenvalue weighted by Gasteiger charge is -2.11. The molecule has 0 unspecified atom stereocenters. The average Bonchev–Trinajstić information content (AvgIpc) is 3.26. The maximum atomic E-state index is 12.3. The zero-order valence-electron chi connectivity index (χ0n) is 20.3.